The number of ether oxygens (including phenoxy) is 2. The Balaban J connectivity index is 1.60. The van der Waals surface area contributed by atoms with Crippen molar-refractivity contribution in [2.45, 2.75) is 35.3 Å². The summed E-state index contributed by atoms with van der Waals surface area (Å²) >= 11 is 1.86. The summed E-state index contributed by atoms with van der Waals surface area (Å²) in [6, 6.07) is 0. The topological polar surface area (TPSA) is 18.5 Å². The fourth-order valence-electron chi connectivity index (χ4n) is 1.70. The Morgan fingerprint density at radius 3 is 1.36 bits per heavy atom. The van der Waals surface area contributed by atoms with Crippen molar-refractivity contribution in [3.63, 3.8) is 0 Å². The minimum absolute atomic E-state index is 0.929. The van der Waals surface area contributed by atoms with Gasteiger partial charge in [0.05, 0.1) is 0 Å². The second kappa shape index (κ2) is 6.52. The van der Waals surface area contributed by atoms with Gasteiger partial charge in [-0.1, -0.05) is 0 Å². The third-order valence-electron chi connectivity index (χ3n) is 2.66. The molecule has 4 heteroatoms. The summed E-state index contributed by atoms with van der Waals surface area (Å²) < 4.78 is 10.8. The molecule has 0 aliphatic carbocycles. The van der Waals surface area contributed by atoms with Crippen LogP contribution in [0.3, 0.4) is 0 Å². The zero-order chi connectivity index (χ0) is 9.64. The van der Waals surface area contributed by atoms with Gasteiger partial charge in [-0.3, -0.25) is 0 Å². The first-order valence-corrected chi connectivity index (χ1v) is 11.7. The van der Waals surface area contributed by atoms with E-state index in [4.69, 9.17) is 9.47 Å². The normalized spacial score (nSPS) is 26.6. The molecule has 2 rings (SSSR count). The quantitative estimate of drug-likeness (QED) is 0.731. The maximum atomic E-state index is 5.39. The fraction of sp³-hybridized carbons (Fsp3) is 1.00. The summed E-state index contributed by atoms with van der Waals surface area (Å²) in [6.45, 7) is 4.10. The molecule has 2 aliphatic rings. The molecule has 0 bridgehead atoms. The molecule has 0 amide bonds. The van der Waals surface area contributed by atoms with Gasteiger partial charge >= 0.3 is 97.5 Å². The number of rotatable bonds is 3. The van der Waals surface area contributed by atoms with Crippen LogP contribution in [0, 0.1) is 0 Å². The van der Waals surface area contributed by atoms with Crippen LogP contribution in [0.15, 0.2) is 0 Å². The van der Waals surface area contributed by atoms with Crippen molar-refractivity contribution in [1.82, 2.24) is 0 Å². The van der Waals surface area contributed by atoms with E-state index in [1.807, 2.05) is 0 Å². The predicted octanol–water partition coefficient (Wildman–Crippen LogP) is 1.51. The Bertz CT molecular complexity index is 136. The summed E-state index contributed by atoms with van der Waals surface area (Å²) in [4.78, 5) is 2.08. The van der Waals surface area contributed by atoms with Gasteiger partial charge in [0.15, 0.2) is 0 Å². The fourth-order valence-corrected chi connectivity index (χ4v) is 11.6. The monoisotopic (exact) mass is 330 g/mol. The van der Waals surface area contributed by atoms with E-state index in [-0.39, 0.29) is 0 Å². The van der Waals surface area contributed by atoms with Gasteiger partial charge in [0, 0.05) is 0 Å². The van der Waals surface area contributed by atoms with Crippen LogP contribution in [0.2, 0.25) is 9.63 Å². The van der Waals surface area contributed by atoms with Crippen molar-refractivity contribution in [3.05, 3.63) is 0 Å². The van der Waals surface area contributed by atoms with E-state index < -0.39 is 0 Å². The van der Waals surface area contributed by atoms with E-state index in [9.17, 15) is 0 Å². The summed E-state index contributed by atoms with van der Waals surface area (Å²) in [5.74, 6) is 0. The van der Waals surface area contributed by atoms with Gasteiger partial charge in [0.25, 0.3) is 0 Å². The van der Waals surface area contributed by atoms with Crippen molar-refractivity contribution in [2.75, 3.05) is 26.4 Å². The Kier molecular flexibility index (Phi) is 5.33. The molecule has 0 aromatic heterocycles. The van der Waals surface area contributed by atoms with E-state index >= 15 is 0 Å². The summed E-state index contributed by atoms with van der Waals surface area (Å²) in [5.41, 5.74) is 0. The average molecular weight is 328 g/mol. The summed E-state index contributed by atoms with van der Waals surface area (Å²) in [6.07, 6.45) is 5.35. The molecular weight excluding hydrogens is 310 g/mol. The second-order valence-corrected chi connectivity index (χ2v) is 11.6. The van der Waals surface area contributed by atoms with Crippen molar-refractivity contribution in [2.24, 2.45) is 0 Å². The first-order chi connectivity index (χ1) is 6.95. The van der Waals surface area contributed by atoms with E-state index in [2.05, 4.69) is 0 Å². The molecule has 0 spiro atoms. The Labute approximate surface area is 97.4 Å². The number of hydrogen-bond donors (Lipinski definition) is 0. The summed E-state index contributed by atoms with van der Waals surface area (Å²) in [5, 5.41) is 0. The molecule has 0 aromatic carbocycles. The zero-order valence-electron chi connectivity index (χ0n) is 8.44. The van der Waals surface area contributed by atoms with Crippen LogP contribution < -0.4 is 0 Å². The minimum atomic E-state index is 0.929. The van der Waals surface area contributed by atoms with Gasteiger partial charge in [-0.05, 0) is 0 Å². The Morgan fingerprint density at radius 2 is 1.00 bits per heavy atom. The van der Waals surface area contributed by atoms with E-state index in [1.54, 1.807) is 0 Å². The Hall–Kier alpha value is 0.959. The van der Waals surface area contributed by atoms with Crippen molar-refractivity contribution in [3.8, 4) is 0 Å². The average Bonchev–Trinajstić information content (AvgIpc) is 2.29. The van der Waals surface area contributed by atoms with Gasteiger partial charge in [0.1, 0.15) is 0 Å². The van der Waals surface area contributed by atoms with Crippen LogP contribution in [-0.4, -0.2) is 52.7 Å². The Morgan fingerprint density at radius 1 is 0.643 bits per heavy atom. The van der Waals surface area contributed by atoms with E-state index in [0.717, 1.165) is 62.3 Å². The van der Waals surface area contributed by atoms with Gasteiger partial charge < -0.3 is 0 Å². The molecule has 2 fully saturated rings. The van der Waals surface area contributed by atoms with Gasteiger partial charge in [-0.2, -0.15) is 0 Å². The number of hydrogen-bond acceptors (Lipinski definition) is 2. The third kappa shape index (κ3) is 3.84. The van der Waals surface area contributed by atoms with E-state index in [1.165, 1.54) is 25.7 Å². The van der Waals surface area contributed by atoms with Crippen LogP contribution >= 0.6 is 0 Å². The van der Waals surface area contributed by atoms with E-state index in [0.29, 0.717) is 0 Å². The molecule has 0 atom stereocenters. The first kappa shape index (κ1) is 11.4. The van der Waals surface area contributed by atoms with Crippen molar-refractivity contribution < 1.29 is 9.47 Å². The predicted molar refractivity (Wildman–Crippen MR) is 59.1 cm³/mol. The third-order valence-corrected chi connectivity index (χ3v) is 13.2. The first-order valence-electron chi connectivity index (χ1n) is 5.43. The molecule has 2 nitrogen and oxygen atoms in total. The van der Waals surface area contributed by atoms with Crippen molar-refractivity contribution in [1.29, 1.82) is 0 Å². The molecule has 2 aliphatic heterocycles. The molecule has 0 saturated carbocycles. The van der Waals surface area contributed by atoms with Crippen LogP contribution in [-0.2, 0) is 9.47 Å². The molecule has 0 N–H and O–H groups in total. The van der Waals surface area contributed by atoms with Crippen molar-refractivity contribution >= 4 is 26.3 Å². The standard InChI is InChI=1S/C10H18O2Se2/c1-5-11-6-2-9(1)13-14-10-3-7-12-8-4-10/h9-10H,1-8H2. The second-order valence-electron chi connectivity index (χ2n) is 3.82. The zero-order valence-corrected chi connectivity index (χ0v) is 11.9. The van der Waals surface area contributed by atoms with Crippen LogP contribution in [0.1, 0.15) is 25.7 Å². The SMILES string of the molecule is C1CC([Se][Se]C2CCOCC2)CCO1. The molecule has 82 valence electrons. The maximum absolute atomic E-state index is 5.39. The van der Waals surface area contributed by atoms with Gasteiger partial charge in [0.2, 0.25) is 0 Å². The molecule has 0 unspecified atom stereocenters. The van der Waals surface area contributed by atoms with Crippen LogP contribution in [0.4, 0.5) is 0 Å². The van der Waals surface area contributed by atoms with Crippen LogP contribution in [0.25, 0.3) is 0 Å². The summed E-state index contributed by atoms with van der Waals surface area (Å²) in [7, 11) is 0. The molecule has 2 saturated heterocycles. The molecule has 2 heterocycles. The molecular formula is C10H18O2Se2. The van der Waals surface area contributed by atoms with Gasteiger partial charge in [-0.25, -0.2) is 0 Å². The molecule has 0 radical (unpaired) electrons. The molecule has 0 aromatic rings. The van der Waals surface area contributed by atoms with Crippen LogP contribution in [0.5, 0.6) is 0 Å². The molecule has 14 heavy (non-hydrogen) atoms. The van der Waals surface area contributed by atoms with Gasteiger partial charge in [-0.15, -0.1) is 0 Å².